The van der Waals surface area contributed by atoms with Gasteiger partial charge in [0.05, 0.1) is 18.5 Å². The molecule has 1 saturated heterocycles. The minimum atomic E-state index is -3.07. The maximum atomic E-state index is 11.4. The van der Waals surface area contributed by atoms with E-state index in [2.05, 4.69) is 0 Å². The summed E-state index contributed by atoms with van der Waals surface area (Å²) in [6.45, 7) is 3.30. The van der Waals surface area contributed by atoms with Crippen LogP contribution in [0, 0.1) is 0 Å². The van der Waals surface area contributed by atoms with Crippen LogP contribution >= 0.6 is 0 Å². The van der Waals surface area contributed by atoms with Gasteiger partial charge in [0.1, 0.15) is 0 Å². The topological polar surface area (TPSA) is 72.6 Å². The summed E-state index contributed by atoms with van der Waals surface area (Å²) < 4.78 is 29.6. The average molecular weight is 208 g/mol. The highest BCUT2D eigenvalue weighted by molar-refractivity contribution is 7.89. The number of hydrogen-bond acceptors (Lipinski definition) is 4. The predicted octanol–water partition coefficient (Wildman–Crippen LogP) is -1.00. The van der Waals surface area contributed by atoms with Crippen LogP contribution in [0.1, 0.15) is 6.92 Å². The van der Waals surface area contributed by atoms with Gasteiger partial charge in [-0.3, -0.25) is 0 Å². The number of nitrogens with two attached hydrogens (primary N) is 1. The van der Waals surface area contributed by atoms with Crippen molar-refractivity contribution in [1.29, 1.82) is 0 Å². The summed E-state index contributed by atoms with van der Waals surface area (Å²) in [5, 5.41) is 0. The zero-order valence-corrected chi connectivity index (χ0v) is 8.59. The molecule has 1 aliphatic heterocycles. The molecule has 0 spiro atoms. The minimum Gasteiger partial charge on any atom is -0.374 e. The lowest BCUT2D eigenvalue weighted by Crippen LogP contribution is -2.48. The van der Waals surface area contributed by atoms with E-state index in [1.165, 1.54) is 4.31 Å². The molecule has 0 aromatic rings. The number of morpholine rings is 1. The molecule has 1 unspecified atom stereocenters. The van der Waals surface area contributed by atoms with E-state index in [9.17, 15) is 8.42 Å². The maximum Gasteiger partial charge on any atom is 0.213 e. The lowest BCUT2D eigenvalue weighted by atomic mass is 10.3. The predicted molar refractivity (Wildman–Crippen MR) is 49.8 cm³/mol. The SMILES string of the molecule is CCS(=O)(=O)N1CCOC(CN)C1. The second-order valence-electron chi connectivity index (χ2n) is 2.99. The largest absolute Gasteiger partial charge is 0.374 e. The fraction of sp³-hybridized carbons (Fsp3) is 1.00. The Labute approximate surface area is 78.9 Å². The Morgan fingerprint density at radius 1 is 1.62 bits per heavy atom. The normalized spacial score (nSPS) is 26.2. The van der Waals surface area contributed by atoms with Crippen molar-refractivity contribution >= 4 is 10.0 Å². The Balaban J connectivity index is 2.61. The van der Waals surface area contributed by atoms with Crippen molar-refractivity contribution in [2.75, 3.05) is 32.0 Å². The zero-order valence-electron chi connectivity index (χ0n) is 7.77. The third-order valence-corrected chi connectivity index (χ3v) is 3.97. The van der Waals surface area contributed by atoms with Gasteiger partial charge in [-0.05, 0) is 6.92 Å². The van der Waals surface area contributed by atoms with E-state index in [0.29, 0.717) is 26.2 Å². The number of ether oxygens (including phenoxy) is 1. The summed E-state index contributed by atoms with van der Waals surface area (Å²) in [6.07, 6.45) is -0.143. The highest BCUT2D eigenvalue weighted by Gasteiger charge is 2.27. The highest BCUT2D eigenvalue weighted by Crippen LogP contribution is 2.09. The van der Waals surface area contributed by atoms with Crippen molar-refractivity contribution in [2.24, 2.45) is 5.73 Å². The molecule has 0 saturated carbocycles. The first-order valence-corrected chi connectivity index (χ1v) is 6.00. The molecule has 1 atom stereocenters. The van der Waals surface area contributed by atoms with Crippen LogP contribution in [-0.4, -0.2) is 50.8 Å². The van der Waals surface area contributed by atoms with Gasteiger partial charge in [0.15, 0.2) is 0 Å². The number of rotatable bonds is 3. The molecular formula is C7H16N2O3S. The van der Waals surface area contributed by atoms with Crippen LogP contribution in [0.4, 0.5) is 0 Å². The quantitative estimate of drug-likeness (QED) is 0.645. The minimum absolute atomic E-state index is 0.143. The smallest absolute Gasteiger partial charge is 0.213 e. The third kappa shape index (κ3) is 2.63. The second-order valence-corrected chi connectivity index (χ2v) is 5.24. The molecule has 1 rings (SSSR count). The summed E-state index contributed by atoms with van der Waals surface area (Å²) in [5.74, 6) is 0.143. The van der Waals surface area contributed by atoms with Gasteiger partial charge < -0.3 is 10.5 Å². The molecule has 5 nitrogen and oxygen atoms in total. The van der Waals surface area contributed by atoms with Gasteiger partial charge in [0.25, 0.3) is 0 Å². The van der Waals surface area contributed by atoms with Gasteiger partial charge in [0.2, 0.25) is 10.0 Å². The van der Waals surface area contributed by atoms with Gasteiger partial charge in [-0.1, -0.05) is 0 Å². The first-order valence-electron chi connectivity index (χ1n) is 4.39. The molecule has 78 valence electrons. The maximum absolute atomic E-state index is 11.4. The lowest BCUT2D eigenvalue weighted by molar-refractivity contribution is 0.00456. The Morgan fingerprint density at radius 2 is 2.31 bits per heavy atom. The van der Waals surface area contributed by atoms with Crippen molar-refractivity contribution in [3.05, 3.63) is 0 Å². The van der Waals surface area contributed by atoms with Crippen molar-refractivity contribution in [3.8, 4) is 0 Å². The third-order valence-electron chi connectivity index (χ3n) is 2.12. The summed E-state index contributed by atoms with van der Waals surface area (Å²) in [5.41, 5.74) is 5.40. The van der Waals surface area contributed by atoms with Crippen LogP contribution in [0.2, 0.25) is 0 Å². The number of nitrogens with zero attached hydrogens (tertiary/aromatic N) is 1. The highest BCUT2D eigenvalue weighted by atomic mass is 32.2. The van der Waals surface area contributed by atoms with Gasteiger partial charge in [-0.25, -0.2) is 8.42 Å². The Morgan fingerprint density at radius 3 is 2.85 bits per heavy atom. The van der Waals surface area contributed by atoms with Crippen molar-refractivity contribution < 1.29 is 13.2 Å². The Kier molecular flexibility index (Phi) is 3.66. The molecule has 0 radical (unpaired) electrons. The van der Waals surface area contributed by atoms with Crippen molar-refractivity contribution in [3.63, 3.8) is 0 Å². The molecule has 1 heterocycles. The van der Waals surface area contributed by atoms with E-state index in [1.807, 2.05) is 0 Å². The molecule has 13 heavy (non-hydrogen) atoms. The standard InChI is InChI=1S/C7H16N2O3S/c1-2-13(10,11)9-3-4-12-7(5-8)6-9/h7H,2-6,8H2,1H3. The Bertz CT molecular complexity index is 252. The van der Waals surface area contributed by atoms with E-state index in [4.69, 9.17) is 10.5 Å². The lowest BCUT2D eigenvalue weighted by Gasteiger charge is -2.31. The number of hydrogen-bond donors (Lipinski definition) is 1. The fourth-order valence-corrected chi connectivity index (χ4v) is 2.38. The molecule has 0 aromatic heterocycles. The molecule has 0 aromatic carbocycles. The number of sulfonamides is 1. The summed E-state index contributed by atoms with van der Waals surface area (Å²) in [7, 11) is -3.07. The summed E-state index contributed by atoms with van der Waals surface area (Å²) in [6, 6.07) is 0. The van der Waals surface area contributed by atoms with Gasteiger partial charge in [-0.2, -0.15) is 4.31 Å². The van der Waals surface area contributed by atoms with Gasteiger partial charge in [0, 0.05) is 19.6 Å². The van der Waals surface area contributed by atoms with Gasteiger partial charge >= 0.3 is 0 Å². The molecule has 0 aliphatic carbocycles. The molecule has 0 amide bonds. The van der Waals surface area contributed by atoms with Crippen LogP contribution < -0.4 is 5.73 Å². The van der Waals surface area contributed by atoms with E-state index >= 15 is 0 Å². The Hall–Kier alpha value is -0.170. The van der Waals surface area contributed by atoms with Crippen LogP contribution in [0.25, 0.3) is 0 Å². The molecule has 1 aliphatic rings. The molecule has 6 heteroatoms. The first-order chi connectivity index (χ1) is 6.10. The van der Waals surface area contributed by atoms with E-state index in [1.54, 1.807) is 6.92 Å². The first kappa shape index (κ1) is 10.9. The zero-order chi connectivity index (χ0) is 9.90. The van der Waals surface area contributed by atoms with Crippen LogP contribution in [-0.2, 0) is 14.8 Å². The molecule has 1 fully saturated rings. The summed E-state index contributed by atoms with van der Waals surface area (Å²) in [4.78, 5) is 0. The molecule has 2 N–H and O–H groups in total. The van der Waals surface area contributed by atoms with Gasteiger partial charge in [-0.15, -0.1) is 0 Å². The summed E-state index contributed by atoms with van der Waals surface area (Å²) >= 11 is 0. The van der Waals surface area contributed by atoms with E-state index < -0.39 is 10.0 Å². The van der Waals surface area contributed by atoms with Crippen molar-refractivity contribution in [2.45, 2.75) is 13.0 Å². The average Bonchev–Trinajstić information content (AvgIpc) is 2.18. The monoisotopic (exact) mass is 208 g/mol. The second kappa shape index (κ2) is 4.36. The van der Waals surface area contributed by atoms with Crippen molar-refractivity contribution in [1.82, 2.24) is 4.31 Å². The van der Waals surface area contributed by atoms with E-state index in [-0.39, 0.29) is 11.9 Å². The molecule has 0 bridgehead atoms. The van der Waals surface area contributed by atoms with E-state index in [0.717, 1.165) is 0 Å². The van der Waals surface area contributed by atoms with Crippen LogP contribution in [0.15, 0.2) is 0 Å². The fourth-order valence-electron chi connectivity index (χ4n) is 1.27. The van der Waals surface area contributed by atoms with Crippen LogP contribution in [0.3, 0.4) is 0 Å². The molecular weight excluding hydrogens is 192 g/mol. The van der Waals surface area contributed by atoms with Crippen LogP contribution in [0.5, 0.6) is 0 Å².